The fourth-order valence-corrected chi connectivity index (χ4v) is 2.00. The number of fused-ring (bicyclic) bond motifs is 1. The number of ether oxygens (including phenoxy) is 3. The standard InChI is InChI=1S/C16H18F2N2O6/c1-5-23-13(21)10-11-9(6-8(7-19-11)24-14(17)18)25-12(10)20-15(22)26-16(2,3)4/h6-7,14H,5H2,1-4H3,(H,20,22). The predicted molar refractivity (Wildman–Crippen MR) is 86.5 cm³/mol. The maximum atomic E-state index is 12.3. The van der Waals surface area contributed by atoms with Crippen molar-refractivity contribution in [1.29, 1.82) is 0 Å². The van der Waals surface area contributed by atoms with E-state index >= 15 is 0 Å². The molecule has 0 aliphatic heterocycles. The second-order valence-corrected chi connectivity index (χ2v) is 6.05. The molecule has 0 aliphatic carbocycles. The number of rotatable bonds is 5. The molecule has 1 N–H and O–H groups in total. The van der Waals surface area contributed by atoms with Crippen LogP contribution in [0.1, 0.15) is 38.1 Å². The van der Waals surface area contributed by atoms with E-state index in [0.717, 1.165) is 12.3 Å². The number of alkyl halides is 2. The molecule has 8 nitrogen and oxygen atoms in total. The lowest BCUT2D eigenvalue weighted by molar-refractivity contribution is -0.0500. The van der Waals surface area contributed by atoms with Gasteiger partial charge in [0.25, 0.3) is 0 Å². The van der Waals surface area contributed by atoms with Gasteiger partial charge >= 0.3 is 18.7 Å². The highest BCUT2D eigenvalue weighted by atomic mass is 19.3. The van der Waals surface area contributed by atoms with Crippen molar-refractivity contribution in [3.8, 4) is 5.75 Å². The van der Waals surface area contributed by atoms with Crippen molar-refractivity contribution in [3.05, 3.63) is 17.8 Å². The summed E-state index contributed by atoms with van der Waals surface area (Å²) in [7, 11) is 0. The van der Waals surface area contributed by atoms with E-state index < -0.39 is 24.3 Å². The summed E-state index contributed by atoms with van der Waals surface area (Å²) in [5, 5.41) is 2.30. The molecule has 0 radical (unpaired) electrons. The fraction of sp³-hybridized carbons (Fsp3) is 0.438. The number of hydrogen-bond acceptors (Lipinski definition) is 7. The van der Waals surface area contributed by atoms with Crippen LogP contribution in [0.2, 0.25) is 0 Å². The molecule has 2 heterocycles. The zero-order chi connectivity index (χ0) is 19.5. The molecule has 2 aromatic heterocycles. The average molecular weight is 372 g/mol. The average Bonchev–Trinajstić information content (AvgIpc) is 2.81. The van der Waals surface area contributed by atoms with E-state index in [1.807, 2.05) is 0 Å². The zero-order valence-electron chi connectivity index (χ0n) is 14.6. The Bertz CT molecular complexity index is 813. The van der Waals surface area contributed by atoms with Gasteiger partial charge in [0.15, 0.2) is 5.58 Å². The van der Waals surface area contributed by atoms with Gasteiger partial charge in [-0.1, -0.05) is 0 Å². The van der Waals surface area contributed by atoms with Gasteiger partial charge in [0.2, 0.25) is 5.88 Å². The molecule has 0 aromatic carbocycles. The number of esters is 1. The highest BCUT2D eigenvalue weighted by Gasteiger charge is 2.27. The third kappa shape index (κ3) is 4.80. The molecule has 2 rings (SSSR count). The largest absolute Gasteiger partial charge is 0.462 e. The van der Waals surface area contributed by atoms with Crippen LogP contribution in [0.4, 0.5) is 19.5 Å². The minimum Gasteiger partial charge on any atom is -0.462 e. The van der Waals surface area contributed by atoms with Crippen LogP contribution in [0.15, 0.2) is 16.7 Å². The molecule has 0 unspecified atom stereocenters. The van der Waals surface area contributed by atoms with Crippen molar-refractivity contribution in [2.45, 2.75) is 39.9 Å². The number of carbonyl (C=O) groups is 2. The van der Waals surface area contributed by atoms with E-state index in [9.17, 15) is 18.4 Å². The lowest BCUT2D eigenvalue weighted by Crippen LogP contribution is -2.27. The number of aromatic nitrogens is 1. The molecular formula is C16H18F2N2O6. The molecule has 0 spiro atoms. The molecule has 10 heteroatoms. The lowest BCUT2D eigenvalue weighted by Gasteiger charge is -2.19. The van der Waals surface area contributed by atoms with Gasteiger partial charge in [0.1, 0.15) is 22.4 Å². The van der Waals surface area contributed by atoms with Crippen molar-refractivity contribution in [2.24, 2.45) is 0 Å². The Kier molecular flexibility index (Phi) is 5.63. The van der Waals surface area contributed by atoms with Crippen LogP contribution in [-0.2, 0) is 9.47 Å². The van der Waals surface area contributed by atoms with Crippen molar-refractivity contribution < 1.29 is 37.0 Å². The van der Waals surface area contributed by atoms with E-state index in [-0.39, 0.29) is 34.9 Å². The monoisotopic (exact) mass is 372 g/mol. The molecular weight excluding hydrogens is 354 g/mol. The number of hydrogen-bond donors (Lipinski definition) is 1. The van der Waals surface area contributed by atoms with Crippen LogP contribution in [0.25, 0.3) is 11.1 Å². The highest BCUT2D eigenvalue weighted by Crippen LogP contribution is 2.32. The second-order valence-electron chi connectivity index (χ2n) is 6.05. The predicted octanol–water partition coefficient (Wildman–Crippen LogP) is 3.95. The number of anilines is 1. The van der Waals surface area contributed by atoms with E-state index in [1.54, 1.807) is 27.7 Å². The molecule has 0 aliphatic rings. The van der Waals surface area contributed by atoms with Crippen LogP contribution in [-0.4, -0.2) is 35.9 Å². The maximum Gasteiger partial charge on any atom is 0.414 e. The quantitative estimate of drug-likeness (QED) is 0.793. The molecule has 0 atom stereocenters. The Balaban J connectivity index is 2.44. The topological polar surface area (TPSA) is 99.9 Å². The Labute approximate surface area is 147 Å². The number of nitrogens with zero attached hydrogens (tertiary/aromatic N) is 1. The van der Waals surface area contributed by atoms with Gasteiger partial charge in [-0.25, -0.2) is 14.6 Å². The van der Waals surface area contributed by atoms with Crippen LogP contribution >= 0.6 is 0 Å². The van der Waals surface area contributed by atoms with Gasteiger partial charge in [-0.2, -0.15) is 8.78 Å². The van der Waals surface area contributed by atoms with Gasteiger partial charge in [-0.05, 0) is 27.7 Å². The first-order chi connectivity index (χ1) is 12.1. The second kappa shape index (κ2) is 7.54. The summed E-state index contributed by atoms with van der Waals surface area (Å²) in [5.74, 6) is -1.33. The third-order valence-electron chi connectivity index (χ3n) is 2.82. The van der Waals surface area contributed by atoms with Crippen molar-refractivity contribution in [2.75, 3.05) is 11.9 Å². The van der Waals surface area contributed by atoms with E-state index in [2.05, 4.69) is 15.0 Å². The summed E-state index contributed by atoms with van der Waals surface area (Å²) in [6, 6.07) is 1.12. The summed E-state index contributed by atoms with van der Waals surface area (Å²) in [6.07, 6.45) is 0.135. The maximum absolute atomic E-state index is 12.3. The van der Waals surface area contributed by atoms with Gasteiger partial charge in [-0.15, -0.1) is 0 Å². The molecule has 26 heavy (non-hydrogen) atoms. The number of nitrogens with one attached hydrogen (secondary N) is 1. The Morgan fingerprint density at radius 2 is 2.04 bits per heavy atom. The number of halogens is 2. The van der Waals surface area contributed by atoms with Crippen molar-refractivity contribution >= 4 is 29.0 Å². The SMILES string of the molecule is CCOC(=O)c1c(NC(=O)OC(C)(C)C)oc2cc(OC(F)F)cnc12. The van der Waals surface area contributed by atoms with Crippen LogP contribution < -0.4 is 10.1 Å². The van der Waals surface area contributed by atoms with E-state index in [1.165, 1.54) is 0 Å². The summed E-state index contributed by atoms with van der Waals surface area (Å²) in [4.78, 5) is 28.1. The molecule has 142 valence electrons. The highest BCUT2D eigenvalue weighted by molar-refractivity contribution is 6.08. The lowest BCUT2D eigenvalue weighted by atomic mass is 10.2. The Morgan fingerprint density at radius 3 is 2.62 bits per heavy atom. The van der Waals surface area contributed by atoms with Crippen LogP contribution in [0.5, 0.6) is 5.75 Å². The van der Waals surface area contributed by atoms with Crippen LogP contribution in [0, 0.1) is 0 Å². The van der Waals surface area contributed by atoms with Crippen molar-refractivity contribution in [3.63, 3.8) is 0 Å². The first-order valence-electron chi connectivity index (χ1n) is 7.65. The van der Waals surface area contributed by atoms with E-state index in [4.69, 9.17) is 13.9 Å². The zero-order valence-corrected chi connectivity index (χ0v) is 14.6. The van der Waals surface area contributed by atoms with Gasteiger partial charge in [-0.3, -0.25) is 5.32 Å². The number of pyridine rings is 1. The molecule has 0 saturated heterocycles. The van der Waals surface area contributed by atoms with E-state index in [0.29, 0.717) is 0 Å². The molecule has 0 fully saturated rings. The minimum absolute atomic E-state index is 0.0242. The summed E-state index contributed by atoms with van der Waals surface area (Å²) >= 11 is 0. The van der Waals surface area contributed by atoms with Crippen LogP contribution in [0.3, 0.4) is 0 Å². The summed E-state index contributed by atoms with van der Waals surface area (Å²) in [6.45, 7) is 3.60. The van der Waals surface area contributed by atoms with Crippen molar-refractivity contribution in [1.82, 2.24) is 4.98 Å². The first-order valence-corrected chi connectivity index (χ1v) is 7.65. The molecule has 0 bridgehead atoms. The fourth-order valence-electron chi connectivity index (χ4n) is 2.00. The smallest absolute Gasteiger partial charge is 0.414 e. The number of carbonyl (C=O) groups excluding carboxylic acids is 2. The Morgan fingerprint density at radius 1 is 1.35 bits per heavy atom. The normalized spacial score (nSPS) is 11.5. The Hall–Kier alpha value is -2.91. The summed E-state index contributed by atoms with van der Waals surface area (Å²) < 4.78 is 44.3. The molecule has 2 aromatic rings. The van der Waals surface area contributed by atoms with Gasteiger partial charge < -0.3 is 18.6 Å². The summed E-state index contributed by atoms with van der Waals surface area (Å²) in [5.41, 5.74) is -0.957. The van der Waals surface area contributed by atoms with Gasteiger partial charge in [0.05, 0.1) is 12.8 Å². The third-order valence-corrected chi connectivity index (χ3v) is 2.82. The number of furan rings is 1. The minimum atomic E-state index is -3.05. The first kappa shape index (κ1) is 19.4. The number of amides is 1. The van der Waals surface area contributed by atoms with Gasteiger partial charge in [0, 0.05) is 6.07 Å². The molecule has 1 amide bonds. The molecule has 0 saturated carbocycles.